The van der Waals surface area contributed by atoms with Gasteiger partial charge in [0.1, 0.15) is 0 Å². The topological polar surface area (TPSA) is 26.8 Å². The van der Waals surface area contributed by atoms with Gasteiger partial charge in [-0.15, -0.1) is 0 Å². The van der Waals surface area contributed by atoms with E-state index in [9.17, 15) is 4.79 Å². The van der Waals surface area contributed by atoms with Crippen LogP contribution in [0.5, 0.6) is 0 Å². The predicted molar refractivity (Wildman–Crippen MR) is 73.2 cm³/mol. The molecule has 2 fully saturated rings. The van der Waals surface area contributed by atoms with Crippen molar-refractivity contribution >= 4 is 5.91 Å². The van der Waals surface area contributed by atoms with Crippen LogP contribution in [0.2, 0.25) is 0 Å². The highest BCUT2D eigenvalue weighted by Gasteiger charge is 2.34. The van der Waals surface area contributed by atoms with Crippen LogP contribution < -0.4 is 0 Å². The Morgan fingerprint density at radius 1 is 1.17 bits per heavy atom. The Balaban J connectivity index is 1.67. The fourth-order valence-electron chi connectivity index (χ4n) is 2.83. The zero-order valence-corrected chi connectivity index (χ0v) is 12.2. The highest BCUT2D eigenvalue weighted by molar-refractivity contribution is 5.78. The zero-order valence-electron chi connectivity index (χ0n) is 12.2. The maximum Gasteiger partial charge on any atom is 0.225 e. The van der Waals surface area contributed by atoms with Gasteiger partial charge in [-0.25, -0.2) is 0 Å². The van der Waals surface area contributed by atoms with Crippen molar-refractivity contribution in [3.05, 3.63) is 0 Å². The first-order chi connectivity index (χ1) is 8.47. The van der Waals surface area contributed by atoms with Crippen molar-refractivity contribution in [3.8, 4) is 0 Å². The normalized spacial score (nSPS) is 23.1. The molecule has 18 heavy (non-hydrogen) atoms. The monoisotopic (exact) mass is 253 g/mol. The molecule has 4 nitrogen and oxygen atoms in total. The van der Waals surface area contributed by atoms with E-state index in [0.29, 0.717) is 17.9 Å². The lowest BCUT2D eigenvalue weighted by molar-refractivity contribution is -0.141. The molecule has 0 N–H and O–H groups in total. The van der Waals surface area contributed by atoms with Crippen LogP contribution in [-0.2, 0) is 4.79 Å². The molecule has 2 aliphatic rings. The second-order valence-corrected chi connectivity index (χ2v) is 6.39. The molecule has 2 rings (SSSR count). The van der Waals surface area contributed by atoms with Crippen molar-refractivity contribution in [2.75, 3.05) is 39.4 Å². The van der Waals surface area contributed by atoms with Crippen molar-refractivity contribution in [2.24, 2.45) is 11.8 Å². The van der Waals surface area contributed by atoms with E-state index in [4.69, 9.17) is 0 Å². The first kappa shape index (κ1) is 13.8. The molecule has 0 atom stereocenters. The molecule has 1 amide bonds. The largest absolute Gasteiger partial charge is 0.342 e. The maximum atomic E-state index is 11.8. The van der Waals surface area contributed by atoms with E-state index in [0.717, 1.165) is 26.3 Å². The molecule has 0 saturated carbocycles. The van der Waals surface area contributed by atoms with E-state index in [1.807, 2.05) is 18.7 Å². The first-order valence-corrected chi connectivity index (χ1v) is 7.22. The molecule has 2 aliphatic heterocycles. The summed E-state index contributed by atoms with van der Waals surface area (Å²) in [5.41, 5.74) is 0. The zero-order chi connectivity index (χ0) is 13.3. The minimum absolute atomic E-state index is 0.147. The van der Waals surface area contributed by atoms with Gasteiger partial charge >= 0.3 is 0 Å². The Labute approximate surface area is 111 Å². The molecule has 0 aliphatic carbocycles. The molecular formula is C14H27N3O. The molecule has 0 radical (unpaired) electrons. The summed E-state index contributed by atoms with van der Waals surface area (Å²) in [5, 5.41) is 0. The van der Waals surface area contributed by atoms with E-state index >= 15 is 0 Å². The number of hydrogen-bond acceptors (Lipinski definition) is 3. The summed E-state index contributed by atoms with van der Waals surface area (Å²) in [4.78, 5) is 18.8. The summed E-state index contributed by atoms with van der Waals surface area (Å²) in [7, 11) is 0. The van der Waals surface area contributed by atoms with Gasteiger partial charge in [-0.3, -0.25) is 14.6 Å². The SMILES string of the molecule is CC(C)C(=O)N1CC(CN2CCN(C(C)C)C2)C1. The molecule has 0 aromatic heterocycles. The fraction of sp³-hybridized carbons (Fsp3) is 0.929. The number of rotatable bonds is 4. The lowest BCUT2D eigenvalue weighted by Crippen LogP contribution is -2.54. The van der Waals surface area contributed by atoms with E-state index in [1.165, 1.54) is 13.1 Å². The summed E-state index contributed by atoms with van der Waals surface area (Å²) >= 11 is 0. The Morgan fingerprint density at radius 3 is 2.33 bits per heavy atom. The summed E-state index contributed by atoms with van der Waals surface area (Å²) < 4.78 is 0. The van der Waals surface area contributed by atoms with E-state index in [1.54, 1.807) is 0 Å². The predicted octanol–water partition coefficient (Wildman–Crippen LogP) is 1.08. The van der Waals surface area contributed by atoms with Gasteiger partial charge in [0, 0.05) is 50.6 Å². The van der Waals surface area contributed by atoms with Gasteiger partial charge in [0.2, 0.25) is 5.91 Å². The van der Waals surface area contributed by atoms with E-state index < -0.39 is 0 Å². The van der Waals surface area contributed by atoms with Crippen molar-refractivity contribution in [2.45, 2.75) is 33.7 Å². The Bertz CT molecular complexity index is 297. The van der Waals surface area contributed by atoms with E-state index in [-0.39, 0.29) is 5.92 Å². The Kier molecular flexibility index (Phi) is 4.28. The second kappa shape index (κ2) is 5.57. The van der Waals surface area contributed by atoms with Crippen molar-refractivity contribution in [3.63, 3.8) is 0 Å². The molecule has 4 heteroatoms. The minimum Gasteiger partial charge on any atom is -0.342 e. The fourth-order valence-corrected chi connectivity index (χ4v) is 2.83. The van der Waals surface area contributed by atoms with Crippen molar-refractivity contribution < 1.29 is 4.79 Å². The number of carbonyl (C=O) groups excluding carboxylic acids is 1. The third-order valence-electron chi connectivity index (χ3n) is 4.09. The molecule has 2 saturated heterocycles. The highest BCUT2D eigenvalue weighted by Crippen LogP contribution is 2.21. The van der Waals surface area contributed by atoms with Gasteiger partial charge in [0.25, 0.3) is 0 Å². The van der Waals surface area contributed by atoms with Gasteiger partial charge in [0.15, 0.2) is 0 Å². The molecule has 0 unspecified atom stereocenters. The average molecular weight is 253 g/mol. The third-order valence-corrected chi connectivity index (χ3v) is 4.09. The van der Waals surface area contributed by atoms with Crippen LogP contribution in [-0.4, -0.2) is 66.0 Å². The molecule has 2 heterocycles. The van der Waals surface area contributed by atoms with Crippen LogP contribution >= 0.6 is 0 Å². The van der Waals surface area contributed by atoms with Crippen LogP contribution in [0.3, 0.4) is 0 Å². The molecule has 0 aromatic carbocycles. The van der Waals surface area contributed by atoms with Crippen LogP contribution in [0.25, 0.3) is 0 Å². The van der Waals surface area contributed by atoms with Crippen molar-refractivity contribution in [1.29, 1.82) is 0 Å². The van der Waals surface area contributed by atoms with Gasteiger partial charge in [-0.2, -0.15) is 0 Å². The second-order valence-electron chi connectivity index (χ2n) is 6.39. The lowest BCUT2D eigenvalue weighted by Gasteiger charge is -2.42. The van der Waals surface area contributed by atoms with Gasteiger partial charge < -0.3 is 4.90 Å². The van der Waals surface area contributed by atoms with Gasteiger partial charge in [0.05, 0.1) is 6.67 Å². The molecule has 104 valence electrons. The number of amides is 1. The Morgan fingerprint density at radius 2 is 1.83 bits per heavy atom. The average Bonchev–Trinajstić information content (AvgIpc) is 2.70. The standard InChI is InChI=1S/C14H27N3O/c1-11(2)14(18)17-8-13(9-17)7-15-5-6-16(10-15)12(3)4/h11-13H,5-10H2,1-4H3. The molecule has 0 aromatic rings. The van der Waals surface area contributed by atoms with E-state index in [2.05, 4.69) is 23.6 Å². The van der Waals surface area contributed by atoms with Crippen LogP contribution in [0.4, 0.5) is 0 Å². The third kappa shape index (κ3) is 3.04. The molecule has 0 bridgehead atoms. The minimum atomic E-state index is 0.147. The van der Waals surface area contributed by atoms with Crippen LogP contribution in [0.15, 0.2) is 0 Å². The van der Waals surface area contributed by atoms with Crippen molar-refractivity contribution in [1.82, 2.24) is 14.7 Å². The summed E-state index contributed by atoms with van der Waals surface area (Å²) in [6.45, 7) is 15.1. The smallest absolute Gasteiger partial charge is 0.225 e. The quantitative estimate of drug-likeness (QED) is 0.750. The highest BCUT2D eigenvalue weighted by atomic mass is 16.2. The molecule has 0 spiro atoms. The molecular weight excluding hydrogens is 226 g/mol. The number of carbonyl (C=O) groups is 1. The first-order valence-electron chi connectivity index (χ1n) is 7.22. The summed E-state index contributed by atoms with van der Waals surface area (Å²) in [6.07, 6.45) is 0. The number of nitrogens with zero attached hydrogens (tertiary/aromatic N) is 3. The van der Waals surface area contributed by atoms with Gasteiger partial charge in [-0.1, -0.05) is 13.8 Å². The van der Waals surface area contributed by atoms with Gasteiger partial charge in [-0.05, 0) is 13.8 Å². The van der Waals surface area contributed by atoms with Crippen LogP contribution in [0.1, 0.15) is 27.7 Å². The van der Waals surface area contributed by atoms with Crippen LogP contribution in [0, 0.1) is 11.8 Å². The maximum absolute atomic E-state index is 11.8. The number of hydrogen-bond donors (Lipinski definition) is 0. The summed E-state index contributed by atoms with van der Waals surface area (Å²) in [6, 6.07) is 0.649. The number of likely N-dealkylation sites (tertiary alicyclic amines) is 1. The summed E-state index contributed by atoms with van der Waals surface area (Å²) in [5.74, 6) is 1.16. The lowest BCUT2D eigenvalue weighted by atomic mass is 9.97. The Hall–Kier alpha value is -0.610.